The Morgan fingerprint density at radius 1 is 1.33 bits per heavy atom. The maximum Gasteiger partial charge on any atom is 0.303 e. The largest absolute Gasteiger partial charge is 0.481 e. The van der Waals surface area contributed by atoms with Crippen LogP contribution in [0.1, 0.15) is 45.4 Å². The molecular formula is C13H21NO4. The van der Waals surface area contributed by atoms with Crippen LogP contribution in [0, 0.1) is 5.41 Å². The zero-order valence-corrected chi connectivity index (χ0v) is 10.8. The number of aliphatic hydroxyl groups is 1. The molecule has 3 atom stereocenters. The van der Waals surface area contributed by atoms with E-state index >= 15 is 0 Å². The molecule has 1 amide bonds. The van der Waals surface area contributed by atoms with Crippen molar-refractivity contribution >= 4 is 11.9 Å². The maximum atomic E-state index is 12.0. The fourth-order valence-corrected chi connectivity index (χ4v) is 3.46. The summed E-state index contributed by atoms with van der Waals surface area (Å²) in [5.74, 6) is -0.980. The van der Waals surface area contributed by atoms with Gasteiger partial charge in [0.1, 0.15) is 0 Å². The van der Waals surface area contributed by atoms with E-state index in [2.05, 4.69) is 6.92 Å². The third-order valence-electron chi connectivity index (χ3n) is 4.45. The molecule has 0 aromatic heterocycles. The number of likely N-dealkylation sites (tertiary alicyclic amines) is 1. The Morgan fingerprint density at radius 2 is 2.06 bits per heavy atom. The molecule has 1 heterocycles. The van der Waals surface area contributed by atoms with E-state index in [1.54, 1.807) is 0 Å². The van der Waals surface area contributed by atoms with Gasteiger partial charge in [0.15, 0.2) is 0 Å². The standard InChI is InChI=1S/C13H21NO4/c1-13-6-7-14(11(16)4-5-12(17)18)10(13)3-2-9(15)8-13/h9-10,15H,2-8H2,1H3,(H,17,18)/t9-,10-,13+/m1/s1. The van der Waals surface area contributed by atoms with Gasteiger partial charge in [0, 0.05) is 19.0 Å². The second kappa shape index (κ2) is 4.88. The summed E-state index contributed by atoms with van der Waals surface area (Å²) in [4.78, 5) is 24.4. The van der Waals surface area contributed by atoms with Crippen molar-refractivity contribution < 1.29 is 19.8 Å². The highest BCUT2D eigenvalue weighted by Gasteiger charge is 2.48. The number of carbonyl (C=O) groups is 2. The highest BCUT2D eigenvalue weighted by Crippen LogP contribution is 2.46. The Hall–Kier alpha value is -1.10. The Morgan fingerprint density at radius 3 is 2.72 bits per heavy atom. The summed E-state index contributed by atoms with van der Waals surface area (Å²) < 4.78 is 0. The second-order valence-electron chi connectivity index (χ2n) is 5.84. The molecule has 1 saturated heterocycles. The minimum absolute atomic E-state index is 0.0105. The van der Waals surface area contributed by atoms with Crippen LogP contribution in [-0.4, -0.2) is 45.7 Å². The van der Waals surface area contributed by atoms with Crippen LogP contribution in [0.4, 0.5) is 0 Å². The Balaban J connectivity index is 1.99. The van der Waals surface area contributed by atoms with Gasteiger partial charge in [-0.15, -0.1) is 0 Å². The molecule has 0 unspecified atom stereocenters. The van der Waals surface area contributed by atoms with Crippen molar-refractivity contribution in [3.63, 3.8) is 0 Å². The number of carboxylic acid groups (broad SMARTS) is 1. The van der Waals surface area contributed by atoms with E-state index in [0.717, 1.165) is 25.7 Å². The van der Waals surface area contributed by atoms with E-state index in [1.165, 1.54) is 0 Å². The lowest BCUT2D eigenvalue weighted by atomic mass is 9.71. The number of aliphatic hydroxyl groups excluding tert-OH is 1. The van der Waals surface area contributed by atoms with Crippen LogP contribution in [0.25, 0.3) is 0 Å². The molecule has 2 aliphatic rings. The molecule has 1 aliphatic carbocycles. The minimum Gasteiger partial charge on any atom is -0.481 e. The van der Waals surface area contributed by atoms with E-state index in [4.69, 9.17) is 5.11 Å². The number of amides is 1. The first kappa shape index (κ1) is 13.3. The summed E-state index contributed by atoms with van der Waals surface area (Å²) in [6.07, 6.45) is 2.97. The van der Waals surface area contributed by atoms with Gasteiger partial charge >= 0.3 is 5.97 Å². The SMILES string of the molecule is C[C@@]12CCN(C(=O)CCC(=O)O)[C@@H]1CC[C@@H](O)C2. The summed E-state index contributed by atoms with van der Waals surface area (Å²) in [6, 6.07) is 0.183. The zero-order chi connectivity index (χ0) is 13.3. The van der Waals surface area contributed by atoms with Crippen LogP contribution in [0.3, 0.4) is 0 Å². The third-order valence-corrected chi connectivity index (χ3v) is 4.45. The van der Waals surface area contributed by atoms with Gasteiger partial charge < -0.3 is 15.1 Å². The molecule has 0 aromatic carbocycles. The van der Waals surface area contributed by atoms with E-state index < -0.39 is 5.97 Å². The summed E-state index contributed by atoms with van der Waals surface area (Å²) >= 11 is 0. The van der Waals surface area contributed by atoms with Crippen LogP contribution in [0.2, 0.25) is 0 Å². The molecular weight excluding hydrogens is 234 g/mol. The fraction of sp³-hybridized carbons (Fsp3) is 0.846. The average molecular weight is 255 g/mol. The Bertz CT molecular complexity index is 357. The fourth-order valence-electron chi connectivity index (χ4n) is 3.46. The number of fused-ring (bicyclic) bond motifs is 1. The van der Waals surface area contributed by atoms with Crippen molar-refractivity contribution in [2.75, 3.05) is 6.54 Å². The van der Waals surface area contributed by atoms with E-state index in [1.807, 2.05) is 4.90 Å². The lowest BCUT2D eigenvalue weighted by Gasteiger charge is -2.41. The van der Waals surface area contributed by atoms with Crippen molar-refractivity contribution in [3.05, 3.63) is 0 Å². The molecule has 5 heteroatoms. The molecule has 2 rings (SSSR count). The first-order chi connectivity index (χ1) is 8.42. The smallest absolute Gasteiger partial charge is 0.303 e. The quantitative estimate of drug-likeness (QED) is 0.788. The molecule has 2 fully saturated rings. The molecule has 1 saturated carbocycles. The minimum atomic E-state index is -0.927. The van der Waals surface area contributed by atoms with Gasteiger partial charge in [-0.05, 0) is 31.1 Å². The number of carboxylic acids is 1. The topological polar surface area (TPSA) is 77.8 Å². The molecule has 102 valence electrons. The van der Waals surface area contributed by atoms with Crippen molar-refractivity contribution in [3.8, 4) is 0 Å². The predicted molar refractivity (Wildman–Crippen MR) is 65.0 cm³/mol. The van der Waals surface area contributed by atoms with Crippen molar-refractivity contribution in [1.82, 2.24) is 4.90 Å². The van der Waals surface area contributed by atoms with Gasteiger partial charge in [-0.3, -0.25) is 9.59 Å². The molecule has 18 heavy (non-hydrogen) atoms. The lowest BCUT2D eigenvalue weighted by Crippen LogP contribution is -2.46. The van der Waals surface area contributed by atoms with Crippen molar-refractivity contribution in [2.45, 2.75) is 57.6 Å². The molecule has 1 aliphatic heterocycles. The molecule has 0 aromatic rings. The number of nitrogens with zero attached hydrogens (tertiary/aromatic N) is 1. The number of aliphatic carboxylic acids is 1. The van der Waals surface area contributed by atoms with Crippen LogP contribution in [0.5, 0.6) is 0 Å². The molecule has 0 spiro atoms. The summed E-state index contributed by atoms with van der Waals surface area (Å²) in [5.41, 5.74) is 0.0105. The average Bonchev–Trinajstić information content (AvgIpc) is 2.62. The van der Waals surface area contributed by atoms with Gasteiger partial charge in [-0.25, -0.2) is 0 Å². The van der Waals surface area contributed by atoms with E-state index in [-0.39, 0.29) is 36.3 Å². The van der Waals surface area contributed by atoms with E-state index in [9.17, 15) is 14.7 Å². The summed E-state index contributed by atoms with van der Waals surface area (Å²) in [7, 11) is 0. The van der Waals surface area contributed by atoms with Crippen LogP contribution < -0.4 is 0 Å². The maximum absolute atomic E-state index is 12.0. The normalized spacial score (nSPS) is 35.3. The third kappa shape index (κ3) is 2.51. The Kier molecular flexibility index (Phi) is 3.61. The van der Waals surface area contributed by atoms with Crippen molar-refractivity contribution in [2.24, 2.45) is 5.41 Å². The molecule has 0 bridgehead atoms. The molecule has 2 N–H and O–H groups in total. The number of hydrogen-bond donors (Lipinski definition) is 2. The van der Waals surface area contributed by atoms with Gasteiger partial charge in [-0.1, -0.05) is 6.92 Å². The summed E-state index contributed by atoms with van der Waals surface area (Å²) in [6.45, 7) is 2.83. The monoisotopic (exact) mass is 255 g/mol. The first-order valence-corrected chi connectivity index (χ1v) is 6.62. The number of rotatable bonds is 3. The van der Waals surface area contributed by atoms with Gasteiger partial charge in [0.2, 0.25) is 5.91 Å². The zero-order valence-electron chi connectivity index (χ0n) is 10.8. The van der Waals surface area contributed by atoms with Gasteiger partial charge in [0.25, 0.3) is 0 Å². The van der Waals surface area contributed by atoms with Gasteiger partial charge in [-0.2, -0.15) is 0 Å². The first-order valence-electron chi connectivity index (χ1n) is 6.62. The highest BCUT2D eigenvalue weighted by molar-refractivity contribution is 5.81. The lowest BCUT2D eigenvalue weighted by molar-refractivity contribution is -0.142. The summed E-state index contributed by atoms with van der Waals surface area (Å²) in [5, 5.41) is 18.4. The van der Waals surface area contributed by atoms with Crippen LogP contribution in [0.15, 0.2) is 0 Å². The highest BCUT2D eigenvalue weighted by atomic mass is 16.4. The van der Waals surface area contributed by atoms with E-state index in [0.29, 0.717) is 6.54 Å². The molecule has 5 nitrogen and oxygen atoms in total. The van der Waals surface area contributed by atoms with Gasteiger partial charge in [0.05, 0.1) is 12.5 Å². The number of hydrogen-bond acceptors (Lipinski definition) is 3. The second-order valence-corrected chi connectivity index (χ2v) is 5.84. The van der Waals surface area contributed by atoms with Crippen LogP contribution in [-0.2, 0) is 9.59 Å². The van der Waals surface area contributed by atoms with Crippen LogP contribution >= 0.6 is 0 Å². The molecule has 0 radical (unpaired) electrons. The number of carbonyl (C=O) groups excluding carboxylic acids is 1. The Labute approximate surface area is 107 Å². The predicted octanol–water partition coefficient (Wildman–Crippen LogP) is 1.00. The van der Waals surface area contributed by atoms with Crippen molar-refractivity contribution in [1.29, 1.82) is 0 Å².